The second-order valence-electron chi connectivity index (χ2n) is 4.79. The predicted molar refractivity (Wildman–Crippen MR) is 67.6 cm³/mol. The molecule has 82 valence electrons. The first kappa shape index (κ1) is 11.0. The van der Waals surface area contributed by atoms with E-state index in [0.29, 0.717) is 0 Å². The van der Waals surface area contributed by atoms with Crippen LogP contribution in [0.4, 0.5) is 0 Å². The standard InChI is InChI=1S/C13H19NS/c1-9-6-11(8-13(14)4-5-13)12(15-3)7-10(9)2/h6-7H,4-5,8,14H2,1-3H3. The first-order valence-corrected chi connectivity index (χ1v) is 6.69. The molecule has 0 saturated heterocycles. The number of rotatable bonds is 3. The molecule has 0 bridgehead atoms. The highest BCUT2D eigenvalue weighted by molar-refractivity contribution is 7.98. The summed E-state index contributed by atoms with van der Waals surface area (Å²) in [6, 6.07) is 4.61. The first-order chi connectivity index (χ1) is 7.04. The van der Waals surface area contributed by atoms with Crippen LogP contribution in [0.15, 0.2) is 17.0 Å². The lowest BCUT2D eigenvalue weighted by Gasteiger charge is -2.14. The van der Waals surface area contributed by atoms with Crippen molar-refractivity contribution in [1.29, 1.82) is 0 Å². The van der Waals surface area contributed by atoms with Crippen molar-refractivity contribution in [2.45, 2.75) is 43.5 Å². The largest absolute Gasteiger partial charge is 0.325 e. The lowest BCUT2D eigenvalue weighted by molar-refractivity contribution is 0.664. The van der Waals surface area contributed by atoms with Crippen LogP contribution in [-0.4, -0.2) is 11.8 Å². The third kappa shape index (κ3) is 2.37. The van der Waals surface area contributed by atoms with Gasteiger partial charge in [0, 0.05) is 10.4 Å². The molecule has 0 unspecified atom stereocenters. The molecule has 1 fully saturated rings. The monoisotopic (exact) mass is 221 g/mol. The van der Waals surface area contributed by atoms with Crippen molar-refractivity contribution >= 4 is 11.8 Å². The summed E-state index contributed by atoms with van der Waals surface area (Å²) in [5.74, 6) is 0. The molecule has 2 N–H and O–H groups in total. The molecule has 0 aliphatic heterocycles. The van der Waals surface area contributed by atoms with E-state index < -0.39 is 0 Å². The van der Waals surface area contributed by atoms with Crippen LogP contribution in [0.2, 0.25) is 0 Å². The van der Waals surface area contributed by atoms with Crippen LogP contribution >= 0.6 is 11.8 Å². The maximum atomic E-state index is 6.18. The van der Waals surface area contributed by atoms with Crippen molar-refractivity contribution in [1.82, 2.24) is 0 Å². The molecule has 0 amide bonds. The van der Waals surface area contributed by atoms with E-state index in [2.05, 4.69) is 32.2 Å². The third-order valence-corrected chi connectivity index (χ3v) is 4.15. The summed E-state index contributed by atoms with van der Waals surface area (Å²) < 4.78 is 0. The van der Waals surface area contributed by atoms with Gasteiger partial charge in [0.2, 0.25) is 0 Å². The van der Waals surface area contributed by atoms with Crippen LogP contribution in [0.25, 0.3) is 0 Å². The van der Waals surface area contributed by atoms with Crippen LogP contribution < -0.4 is 5.73 Å². The minimum Gasteiger partial charge on any atom is -0.325 e. The molecule has 1 nitrogen and oxygen atoms in total. The van der Waals surface area contributed by atoms with Crippen LogP contribution in [0.5, 0.6) is 0 Å². The Morgan fingerprint density at radius 3 is 2.40 bits per heavy atom. The van der Waals surface area contributed by atoms with Gasteiger partial charge in [-0.3, -0.25) is 0 Å². The highest BCUT2D eigenvalue weighted by Gasteiger charge is 2.38. The van der Waals surface area contributed by atoms with Crippen molar-refractivity contribution in [2.75, 3.05) is 6.26 Å². The first-order valence-electron chi connectivity index (χ1n) is 5.47. The van der Waals surface area contributed by atoms with Crippen LogP contribution in [0.3, 0.4) is 0 Å². The van der Waals surface area contributed by atoms with E-state index in [-0.39, 0.29) is 5.54 Å². The Labute approximate surface area is 96.4 Å². The Morgan fingerprint density at radius 2 is 1.87 bits per heavy atom. The summed E-state index contributed by atoms with van der Waals surface area (Å²) in [6.07, 6.45) is 5.56. The van der Waals surface area contributed by atoms with Gasteiger partial charge in [-0.2, -0.15) is 0 Å². The maximum absolute atomic E-state index is 6.18. The number of nitrogens with two attached hydrogens (primary N) is 1. The van der Waals surface area contributed by atoms with Gasteiger partial charge in [0.15, 0.2) is 0 Å². The molecule has 0 aromatic heterocycles. The van der Waals surface area contributed by atoms with Gasteiger partial charge in [-0.1, -0.05) is 6.07 Å². The zero-order valence-electron chi connectivity index (χ0n) is 9.76. The van der Waals surface area contributed by atoms with Gasteiger partial charge < -0.3 is 5.73 Å². The Hall–Kier alpha value is -0.470. The second kappa shape index (κ2) is 3.84. The molecule has 1 aliphatic rings. The number of aryl methyl sites for hydroxylation is 2. The average molecular weight is 221 g/mol. The molecule has 1 aliphatic carbocycles. The molecule has 15 heavy (non-hydrogen) atoms. The quantitative estimate of drug-likeness (QED) is 0.794. The second-order valence-corrected chi connectivity index (χ2v) is 5.64. The smallest absolute Gasteiger partial charge is 0.0196 e. The predicted octanol–water partition coefficient (Wildman–Crippen LogP) is 3.06. The Morgan fingerprint density at radius 1 is 1.27 bits per heavy atom. The molecule has 0 atom stereocenters. The molecule has 1 aromatic rings. The van der Waals surface area contributed by atoms with Crippen molar-refractivity contribution in [3.05, 3.63) is 28.8 Å². The minimum absolute atomic E-state index is 0.117. The SMILES string of the molecule is CSc1cc(C)c(C)cc1CC1(N)CC1. The summed E-state index contributed by atoms with van der Waals surface area (Å²) in [4.78, 5) is 1.40. The van der Waals surface area contributed by atoms with Crippen LogP contribution in [0.1, 0.15) is 29.5 Å². The van der Waals surface area contributed by atoms with E-state index in [9.17, 15) is 0 Å². The molecule has 2 heteroatoms. The number of benzene rings is 1. The highest BCUT2D eigenvalue weighted by atomic mass is 32.2. The molecular weight excluding hydrogens is 202 g/mol. The van der Waals surface area contributed by atoms with E-state index in [1.807, 2.05) is 11.8 Å². The van der Waals surface area contributed by atoms with E-state index in [0.717, 1.165) is 6.42 Å². The average Bonchev–Trinajstić information content (AvgIpc) is 2.89. The maximum Gasteiger partial charge on any atom is 0.0196 e. The molecule has 1 saturated carbocycles. The number of thioether (sulfide) groups is 1. The van der Waals surface area contributed by atoms with Crippen LogP contribution in [-0.2, 0) is 6.42 Å². The van der Waals surface area contributed by atoms with Gasteiger partial charge in [0.25, 0.3) is 0 Å². The molecule has 1 aromatic carbocycles. The van der Waals surface area contributed by atoms with Gasteiger partial charge in [-0.15, -0.1) is 11.8 Å². The lowest BCUT2D eigenvalue weighted by atomic mass is 10.00. The van der Waals surface area contributed by atoms with Crippen molar-refractivity contribution in [3.63, 3.8) is 0 Å². The van der Waals surface area contributed by atoms with Crippen molar-refractivity contribution in [3.8, 4) is 0 Å². The number of hydrogen-bond donors (Lipinski definition) is 1. The van der Waals surface area contributed by atoms with E-state index >= 15 is 0 Å². The zero-order valence-corrected chi connectivity index (χ0v) is 10.6. The van der Waals surface area contributed by atoms with Gasteiger partial charge in [-0.25, -0.2) is 0 Å². The molecule has 2 rings (SSSR count). The molecule has 0 spiro atoms. The topological polar surface area (TPSA) is 26.0 Å². The van der Waals surface area contributed by atoms with E-state index in [1.54, 1.807) is 0 Å². The van der Waals surface area contributed by atoms with E-state index in [1.165, 1.54) is 34.4 Å². The molecule has 0 heterocycles. The zero-order chi connectivity index (χ0) is 11.1. The Balaban J connectivity index is 2.31. The van der Waals surface area contributed by atoms with Gasteiger partial charge in [0.1, 0.15) is 0 Å². The summed E-state index contributed by atoms with van der Waals surface area (Å²) in [5.41, 5.74) is 10.5. The van der Waals surface area contributed by atoms with Gasteiger partial charge in [-0.05, 0) is 62.1 Å². The summed E-state index contributed by atoms with van der Waals surface area (Å²) in [5, 5.41) is 0. The van der Waals surface area contributed by atoms with Crippen molar-refractivity contribution in [2.24, 2.45) is 5.73 Å². The normalized spacial score (nSPS) is 17.9. The fourth-order valence-electron chi connectivity index (χ4n) is 1.89. The van der Waals surface area contributed by atoms with E-state index in [4.69, 9.17) is 5.73 Å². The fraction of sp³-hybridized carbons (Fsp3) is 0.538. The Bertz CT molecular complexity index is 380. The third-order valence-electron chi connectivity index (χ3n) is 3.33. The highest BCUT2D eigenvalue weighted by Crippen LogP contribution is 2.38. The minimum atomic E-state index is 0.117. The fourth-order valence-corrected chi connectivity index (χ4v) is 2.58. The summed E-state index contributed by atoms with van der Waals surface area (Å²) >= 11 is 1.83. The molecular formula is C13H19NS. The summed E-state index contributed by atoms with van der Waals surface area (Å²) in [6.45, 7) is 4.35. The summed E-state index contributed by atoms with van der Waals surface area (Å²) in [7, 11) is 0. The van der Waals surface area contributed by atoms with Crippen molar-refractivity contribution < 1.29 is 0 Å². The van der Waals surface area contributed by atoms with Gasteiger partial charge in [0.05, 0.1) is 0 Å². The Kier molecular flexibility index (Phi) is 2.82. The van der Waals surface area contributed by atoms with Crippen LogP contribution in [0, 0.1) is 13.8 Å². The lowest BCUT2D eigenvalue weighted by Crippen LogP contribution is -2.24. The number of hydrogen-bond acceptors (Lipinski definition) is 2. The molecule has 0 radical (unpaired) electrons. The van der Waals surface area contributed by atoms with Gasteiger partial charge >= 0.3 is 0 Å².